The molecule has 0 spiro atoms. The highest BCUT2D eigenvalue weighted by Gasteiger charge is 2.37. The van der Waals surface area contributed by atoms with E-state index in [1.54, 1.807) is 19.1 Å². The van der Waals surface area contributed by atoms with Gasteiger partial charge in [-0.25, -0.2) is 9.59 Å². The van der Waals surface area contributed by atoms with Gasteiger partial charge in [-0.2, -0.15) is 0 Å². The number of ether oxygens (including phenoxy) is 3. The predicted octanol–water partition coefficient (Wildman–Crippen LogP) is 0.618. The second-order valence-corrected chi connectivity index (χ2v) is 6.73. The van der Waals surface area contributed by atoms with E-state index in [0.717, 1.165) is 0 Å². The van der Waals surface area contributed by atoms with Crippen molar-refractivity contribution >= 4 is 25.0 Å². The van der Waals surface area contributed by atoms with E-state index < -0.39 is 37.4 Å². The lowest BCUT2D eigenvalue weighted by Gasteiger charge is -2.29. The molecule has 2 rings (SSSR count). The highest BCUT2D eigenvalue weighted by atomic mass is 16.7. The normalized spacial score (nSPS) is 15.9. The van der Waals surface area contributed by atoms with Gasteiger partial charge in [0.25, 0.3) is 0 Å². The molecule has 0 bridgehead atoms. The summed E-state index contributed by atoms with van der Waals surface area (Å²) in [5, 5.41) is 12.8. The summed E-state index contributed by atoms with van der Waals surface area (Å²) in [5.74, 6) is -2.12. The van der Waals surface area contributed by atoms with Crippen LogP contribution >= 0.6 is 0 Å². The van der Waals surface area contributed by atoms with Crippen LogP contribution in [0.1, 0.15) is 43.1 Å². The summed E-state index contributed by atoms with van der Waals surface area (Å²) in [7, 11) is 0.0554. The quantitative estimate of drug-likeness (QED) is 0.393. The molecular weight excluding hydrogens is 369 g/mol. The highest BCUT2D eigenvalue weighted by molar-refractivity contribution is 6.47. The molecular formula is C18H24BNO8. The molecule has 1 heterocycles. The van der Waals surface area contributed by atoms with Crippen LogP contribution in [0.4, 0.5) is 0 Å². The molecule has 1 aromatic rings. The van der Waals surface area contributed by atoms with Crippen molar-refractivity contribution in [2.45, 2.75) is 45.2 Å². The molecule has 0 aliphatic carbocycles. The number of methoxy groups -OCH3 is 1. The molecule has 1 amide bonds. The van der Waals surface area contributed by atoms with Gasteiger partial charge in [-0.15, -0.1) is 0 Å². The number of nitrogens with one attached hydrogen (secondary N) is 1. The van der Waals surface area contributed by atoms with E-state index in [-0.39, 0.29) is 23.6 Å². The van der Waals surface area contributed by atoms with Crippen LogP contribution in [0.5, 0.6) is 5.75 Å². The zero-order valence-corrected chi connectivity index (χ0v) is 16.3. The lowest BCUT2D eigenvalue weighted by atomic mass is 9.72. The van der Waals surface area contributed by atoms with E-state index in [1.807, 2.05) is 0 Å². The maximum Gasteiger partial charge on any atom is 0.547 e. The van der Waals surface area contributed by atoms with Gasteiger partial charge in [-0.3, -0.25) is 4.79 Å². The molecule has 10 heteroatoms. The van der Waals surface area contributed by atoms with Crippen molar-refractivity contribution in [3.05, 3.63) is 29.3 Å². The molecule has 1 aromatic carbocycles. The smallest absolute Gasteiger partial charge is 0.534 e. The van der Waals surface area contributed by atoms with Crippen LogP contribution in [0.25, 0.3) is 0 Å². The Balaban J connectivity index is 2.04. The first kappa shape index (κ1) is 21.7. The minimum absolute atomic E-state index is 0.0823. The number of fused-ring (bicyclic) bond motifs is 1. The van der Waals surface area contributed by atoms with Crippen molar-refractivity contribution in [2.75, 3.05) is 13.9 Å². The number of esters is 2. The second kappa shape index (κ2) is 9.07. The van der Waals surface area contributed by atoms with Gasteiger partial charge in [0, 0.05) is 13.5 Å². The van der Waals surface area contributed by atoms with Gasteiger partial charge in [0.15, 0.2) is 5.60 Å². The Morgan fingerprint density at radius 1 is 1.32 bits per heavy atom. The lowest BCUT2D eigenvalue weighted by Crippen LogP contribution is -2.53. The number of hydrogen-bond acceptors (Lipinski definition) is 8. The molecule has 0 aromatic heterocycles. The summed E-state index contributed by atoms with van der Waals surface area (Å²) in [6.45, 7) is 4.15. The number of amides is 1. The van der Waals surface area contributed by atoms with E-state index in [4.69, 9.17) is 18.9 Å². The van der Waals surface area contributed by atoms with Gasteiger partial charge in [-0.05, 0) is 31.9 Å². The number of carbonyl (C=O) groups excluding carboxylic acids is 3. The average Bonchev–Trinajstić information content (AvgIpc) is 2.67. The van der Waals surface area contributed by atoms with Crippen molar-refractivity contribution in [3.63, 3.8) is 0 Å². The zero-order valence-electron chi connectivity index (χ0n) is 16.3. The molecule has 9 nitrogen and oxygen atoms in total. The SMILES string of the molecule is CCC(=O)NC1Cc2cccc(C(=O)OCOC(=O)C(C)(C)OC)c2OB1O. The standard InChI is InChI=1S/C18H24BNO8/c1-5-14(21)20-13-9-11-7-6-8-12(15(11)28-19(13)24)16(22)26-10-27-17(23)18(2,3)25-4/h6-8,13,24H,5,9-10H2,1-4H3,(H,20,21). The molecule has 0 fully saturated rings. The van der Waals surface area contributed by atoms with Gasteiger partial charge >= 0.3 is 19.1 Å². The number of hydrogen-bond donors (Lipinski definition) is 2. The summed E-state index contributed by atoms with van der Waals surface area (Å²) in [6, 6.07) is 4.83. The fourth-order valence-corrected chi connectivity index (χ4v) is 2.49. The zero-order chi connectivity index (χ0) is 20.9. The van der Waals surface area contributed by atoms with Crippen LogP contribution in [0.3, 0.4) is 0 Å². The highest BCUT2D eigenvalue weighted by Crippen LogP contribution is 2.30. The van der Waals surface area contributed by atoms with Gasteiger partial charge in [0.2, 0.25) is 12.7 Å². The Hall–Kier alpha value is -2.59. The second-order valence-electron chi connectivity index (χ2n) is 6.73. The minimum atomic E-state index is -1.31. The van der Waals surface area contributed by atoms with Crippen LogP contribution < -0.4 is 9.97 Å². The number of benzene rings is 1. The molecule has 152 valence electrons. The summed E-state index contributed by atoms with van der Waals surface area (Å²) in [6.07, 6.45) is 0.571. The first-order valence-electron chi connectivity index (χ1n) is 8.85. The van der Waals surface area contributed by atoms with Crippen LogP contribution in [-0.2, 0) is 30.2 Å². The van der Waals surface area contributed by atoms with Crippen molar-refractivity contribution in [1.82, 2.24) is 5.32 Å². The van der Waals surface area contributed by atoms with E-state index in [0.29, 0.717) is 12.0 Å². The van der Waals surface area contributed by atoms with Crippen LogP contribution in [0.15, 0.2) is 18.2 Å². The Labute approximate surface area is 163 Å². The average molecular weight is 393 g/mol. The summed E-state index contributed by atoms with van der Waals surface area (Å²) < 4.78 is 20.3. The minimum Gasteiger partial charge on any atom is -0.534 e. The molecule has 0 radical (unpaired) electrons. The molecule has 0 saturated heterocycles. The Kier molecular flexibility index (Phi) is 7.03. The topological polar surface area (TPSA) is 120 Å². The maximum absolute atomic E-state index is 12.4. The predicted molar refractivity (Wildman–Crippen MR) is 98.4 cm³/mol. The first-order valence-corrected chi connectivity index (χ1v) is 8.85. The summed E-state index contributed by atoms with van der Waals surface area (Å²) in [4.78, 5) is 35.7. The number of rotatable bonds is 7. The van der Waals surface area contributed by atoms with Crippen LogP contribution in [-0.4, -0.2) is 55.4 Å². The molecule has 1 aliphatic heterocycles. The molecule has 1 aliphatic rings. The third-order valence-electron chi connectivity index (χ3n) is 4.39. The molecule has 0 saturated carbocycles. The maximum atomic E-state index is 12.4. The van der Waals surface area contributed by atoms with E-state index >= 15 is 0 Å². The lowest BCUT2D eigenvalue weighted by molar-refractivity contribution is -0.173. The largest absolute Gasteiger partial charge is 0.547 e. The third kappa shape index (κ3) is 5.02. The van der Waals surface area contributed by atoms with E-state index in [9.17, 15) is 19.4 Å². The van der Waals surface area contributed by atoms with E-state index in [2.05, 4.69) is 5.32 Å². The van der Waals surface area contributed by atoms with Crippen molar-refractivity contribution in [3.8, 4) is 5.75 Å². The van der Waals surface area contributed by atoms with Crippen molar-refractivity contribution in [2.24, 2.45) is 0 Å². The molecule has 1 unspecified atom stereocenters. The Morgan fingerprint density at radius 3 is 2.68 bits per heavy atom. The Bertz CT molecular complexity index is 751. The van der Waals surface area contributed by atoms with Crippen molar-refractivity contribution in [1.29, 1.82) is 0 Å². The molecule has 1 atom stereocenters. The summed E-state index contributed by atoms with van der Waals surface area (Å²) in [5.41, 5.74) is -0.443. The van der Waals surface area contributed by atoms with Crippen LogP contribution in [0.2, 0.25) is 0 Å². The third-order valence-corrected chi connectivity index (χ3v) is 4.39. The fraction of sp³-hybridized carbons (Fsp3) is 0.500. The molecule has 28 heavy (non-hydrogen) atoms. The first-order chi connectivity index (χ1) is 13.2. The molecule has 2 N–H and O–H groups in total. The van der Waals surface area contributed by atoms with Crippen molar-refractivity contribution < 1.29 is 38.3 Å². The Morgan fingerprint density at radius 2 is 2.04 bits per heavy atom. The van der Waals surface area contributed by atoms with Gasteiger partial charge in [-0.1, -0.05) is 19.1 Å². The monoisotopic (exact) mass is 393 g/mol. The van der Waals surface area contributed by atoms with Gasteiger partial charge in [0.05, 0.1) is 5.94 Å². The van der Waals surface area contributed by atoms with Crippen LogP contribution in [0, 0.1) is 0 Å². The van der Waals surface area contributed by atoms with E-state index in [1.165, 1.54) is 27.0 Å². The fourth-order valence-electron chi connectivity index (χ4n) is 2.49. The number of carbonyl (C=O) groups is 3. The summed E-state index contributed by atoms with van der Waals surface area (Å²) >= 11 is 0. The van der Waals surface area contributed by atoms with Gasteiger partial charge in [0.1, 0.15) is 11.3 Å². The van der Waals surface area contributed by atoms with Gasteiger partial charge < -0.3 is 29.2 Å². The number of para-hydroxylation sites is 1.